The number of fused-ring (bicyclic) bond motifs is 5. The van der Waals surface area contributed by atoms with Crippen LogP contribution in [-0.4, -0.2) is 23.9 Å². The molecule has 4 saturated carbocycles. The Kier molecular flexibility index (Phi) is 5.13. The Morgan fingerprint density at radius 2 is 1.81 bits per heavy atom. The summed E-state index contributed by atoms with van der Waals surface area (Å²) in [7, 11) is 0. The second-order valence-electron chi connectivity index (χ2n) is 11.2. The van der Waals surface area contributed by atoms with Gasteiger partial charge in [-0.15, -0.1) is 0 Å². The third-order valence-electron chi connectivity index (χ3n) is 9.46. The van der Waals surface area contributed by atoms with Crippen LogP contribution in [-0.2, 0) is 4.74 Å². The summed E-state index contributed by atoms with van der Waals surface area (Å²) in [6.07, 6.45) is 9.10. The van der Waals surface area contributed by atoms with Crippen LogP contribution in [0.4, 0.5) is 0 Å². The average Bonchev–Trinajstić information content (AvgIpc) is 2.96. The van der Waals surface area contributed by atoms with Crippen LogP contribution in [0, 0.1) is 57.7 Å². The molecule has 1 N–H and O–H groups in total. The topological polar surface area (TPSA) is 53.2 Å². The maximum atomic E-state index is 10.7. The zero-order valence-corrected chi connectivity index (χ0v) is 17.8. The molecule has 0 bridgehead atoms. The molecule has 4 fully saturated rings. The lowest BCUT2D eigenvalue weighted by atomic mass is 9.44. The zero-order chi connectivity index (χ0) is 19.4. The summed E-state index contributed by atoms with van der Waals surface area (Å²) in [5, 5.41) is 20.4. The van der Waals surface area contributed by atoms with E-state index >= 15 is 0 Å². The van der Waals surface area contributed by atoms with Crippen molar-refractivity contribution >= 4 is 0 Å². The van der Waals surface area contributed by atoms with Gasteiger partial charge in [0.25, 0.3) is 0 Å². The van der Waals surface area contributed by atoms with Crippen LogP contribution in [0.2, 0.25) is 0 Å². The Morgan fingerprint density at radius 3 is 2.52 bits per heavy atom. The average molecular weight is 374 g/mol. The van der Waals surface area contributed by atoms with Crippen molar-refractivity contribution in [2.24, 2.45) is 46.3 Å². The number of nitriles is 1. The zero-order valence-electron chi connectivity index (χ0n) is 17.8. The molecule has 0 aromatic carbocycles. The molecule has 3 nitrogen and oxygen atoms in total. The van der Waals surface area contributed by atoms with E-state index in [1.807, 2.05) is 0 Å². The number of hydrogen-bond donors (Lipinski definition) is 1. The Hall–Kier alpha value is -0.590. The molecule has 0 aromatic rings. The molecule has 4 aliphatic rings. The highest BCUT2D eigenvalue weighted by molar-refractivity contribution is 5.13. The second-order valence-corrected chi connectivity index (χ2v) is 11.2. The fourth-order valence-electron chi connectivity index (χ4n) is 7.95. The van der Waals surface area contributed by atoms with Gasteiger partial charge in [0.05, 0.1) is 24.2 Å². The lowest BCUT2D eigenvalue weighted by Gasteiger charge is -2.61. The van der Waals surface area contributed by atoms with Crippen molar-refractivity contribution in [1.82, 2.24) is 0 Å². The first-order chi connectivity index (χ1) is 12.8. The molecule has 0 aromatic heterocycles. The number of nitrogens with zero attached hydrogens (tertiary/aromatic N) is 1. The summed E-state index contributed by atoms with van der Waals surface area (Å²) in [5.41, 5.74) is 0.552. The van der Waals surface area contributed by atoms with E-state index in [1.165, 1.54) is 32.1 Å². The Morgan fingerprint density at radius 1 is 1.07 bits per heavy atom. The van der Waals surface area contributed by atoms with E-state index in [2.05, 4.69) is 33.8 Å². The van der Waals surface area contributed by atoms with E-state index in [4.69, 9.17) is 4.74 Å². The maximum absolute atomic E-state index is 10.7. The van der Waals surface area contributed by atoms with Gasteiger partial charge in [-0.25, -0.2) is 0 Å². The minimum absolute atomic E-state index is 0.0103. The third kappa shape index (κ3) is 3.06. The lowest BCUT2D eigenvalue weighted by Crippen LogP contribution is -2.57. The van der Waals surface area contributed by atoms with Gasteiger partial charge in [0.2, 0.25) is 0 Å². The second kappa shape index (κ2) is 7.03. The highest BCUT2D eigenvalue weighted by atomic mass is 16.5. The normalized spacial score (nSPS) is 52.0. The standard InChI is InChI=1S/C24H39NO2/c1-15(2)14-27-22-12-24(4)16(11-21(22)26)5-7-18-19-8-6-17(13-25)23(19,3)10-9-20(18)24/h15-22,26H,5-12,14H2,1-4H3. The highest BCUT2D eigenvalue weighted by Crippen LogP contribution is 2.67. The van der Waals surface area contributed by atoms with Crippen molar-refractivity contribution in [2.45, 2.75) is 91.3 Å². The number of aliphatic hydroxyl groups excluding tert-OH is 1. The molecule has 0 saturated heterocycles. The van der Waals surface area contributed by atoms with Crippen molar-refractivity contribution in [3.63, 3.8) is 0 Å². The monoisotopic (exact) mass is 373 g/mol. The van der Waals surface area contributed by atoms with Crippen LogP contribution < -0.4 is 0 Å². The van der Waals surface area contributed by atoms with Crippen LogP contribution >= 0.6 is 0 Å². The molecule has 4 rings (SSSR count). The molecule has 0 aliphatic heterocycles. The summed E-state index contributed by atoms with van der Waals surface area (Å²) in [5.74, 6) is 3.70. The molecule has 0 spiro atoms. The molecular weight excluding hydrogens is 334 g/mol. The Bertz CT molecular complexity index is 598. The van der Waals surface area contributed by atoms with Crippen LogP contribution in [0.25, 0.3) is 0 Å². The first-order valence-corrected chi connectivity index (χ1v) is 11.5. The molecule has 27 heavy (non-hydrogen) atoms. The van der Waals surface area contributed by atoms with Gasteiger partial charge in [-0.2, -0.15) is 5.26 Å². The number of aliphatic hydroxyl groups is 1. The van der Waals surface area contributed by atoms with Crippen molar-refractivity contribution in [3.8, 4) is 6.07 Å². The summed E-state index contributed by atoms with van der Waals surface area (Å²) >= 11 is 0. The number of ether oxygens (including phenoxy) is 1. The number of hydrogen-bond acceptors (Lipinski definition) is 3. The van der Waals surface area contributed by atoms with E-state index in [0.717, 1.165) is 43.6 Å². The van der Waals surface area contributed by atoms with Gasteiger partial charge in [0.15, 0.2) is 0 Å². The quantitative estimate of drug-likeness (QED) is 0.741. The van der Waals surface area contributed by atoms with Gasteiger partial charge in [-0.05, 0) is 91.8 Å². The predicted molar refractivity (Wildman–Crippen MR) is 107 cm³/mol. The van der Waals surface area contributed by atoms with E-state index in [0.29, 0.717) is 17.3 Å². The fourth-order valence-corrected chi connectivity index (χ4v) is 7.95. The highest BCUT2D eigenvalue weighted by Gasteiger charge is 2.61. The van der Waals surface area contributed by atoms with E-state index in [-0.39, 0.29) is 23.5 Å². The van der Waals surface area contributed by atoms with E-state index in [9.17, 15) is 10.4 Å². The molecule has 152 valence electrons. The van der Waals surface area contributed by atoms with Gasteiger partial charge in [-0.1, -0.05) is 27.7 Å². The molecule has 9 atom stereocenters. The minimum atomic E-state index is -0.290. The molecule has 9 unspecified atom stereocenters. The van der Waals surface area contributed by atoms with Crippen LogP contribution in [0.5, 0.6) is 0 Å². The van der Waals surface area contributed by atoms with Crippen molar-refractivity contribution < 1.29 is 9.84 Å². The van der Waals surface area contributed by atoms with Crippen molar-refractivity contribution in [1.29, 1.82) is 5.26 Å². The molecule has 3 heteroatoms. The van der Waals surface area contributed by atoms with Gasteiger partial charge >= 0.3 is 0 Å². The minimum Gasteiger partial charge on any atom is -0.390 e. The van der Waals surface area contributed by atoms with E-state index < -0.39 is 0 Å². The molecule has 0 amide bonds. The Balaban J connectivity index is 1.55. The van der Waals surface area contributed by atoms with Gasteiger partial charge in [0.1, 0.15) is 0 Å². The van der Waals surface area contributed by atoms with Crippen LogP contribution in [0.1, 0.15) is 79.1 Å². The fraction of sp³-hybridized carbons (Fsp3) is 0.958. The summed E-state index contributed by atoms with van der Waals surface area (Å²) < 4.78 is 6.20. The predicted octanol–water partition coefficient (Wildman–Crippen LogP) is 5.18. The molecule has 0 radical (unpaired) electrons. The summed E-state index contributed by atoms with van der Waals surface area (Å²) in [4.78, 5) is 0. The molecule has 0 heterocycles. The molecular formula is C24H39NO2. The van der Waals surface area contributed by atoms with Crippen molar-refractivity contribution in [2.75, 3.05) is 6.61 Å². The summed E-state index contributed by atoms with van der Waals surface area (Å²) in [6.45, 7) is 10.1. The van der Waals surface area contributed by atoms with Crippen LogP contribution in [0.15, 0.2) is 0 Å². The smallest absolute Gasteiger partial charge is 0.0839 e. The van der Waals surface area contributed by atoms with Gasteiger partial charge in [-0.3, -0.25) is 0 Å². The summed E-state index contributed by atoms with van der Waals surface area (Å²) in [6, 6.07) is 2.65. The number of rotatable bonds is 3. The Labute approximate surface area is 165 Å². The maximum Gasteiger partial charge on any atom is 0.0839 e. The first-order valence-electron chi connectivity index (χ1n) is 11.5. The molecule has 4 aliphatic carbocycles. The van der Waals surface area contributed by atoms with E-state index in [1.54, 1.807) is 0 Å². The first kappa shape index (κ1) is 19.7. The SMILES string of the molecule is CC(C)COC1CC2(C)C(CCC3C4CCC(C#N)C4(C)CCC32)CC1O. The third-order valence-corrected chi connectivity index (χ3v) is 9.46. The van der Waals surface area contributed by atoms with Crippen molar-refractivity contribution in [3.05, 3.63) is 0 Å². The van der Waals surface area contributed by atoms with Crippen LogP contribution in [0.3, 0.4) is 0 Å². The lowest BCUT2D eigenvalue weighted by molar-refractivity contribution is -0.173. The largest absolute Gasteiger partial charge is 0.390 e. The van der Waals surface area contributed by atoms with Gasteiger partial charge in [0, 0.05) is 6.61 Å². The van der Waals surface area contributed by atoms with Gasteiger partial charge < -0.3 is 9.84 Å².